The SMILES string of the molecule is C=CCCCCOC(=O)[C@@H]1[C@H]2C(=O)N(CCCCCCO)C(C(=O)N(CC=C)Cn3nnc4ccccc43)C23CC[C@@]1(CC)O3. The Kier molecular flexibility index (Phi) is 10.4. The van der Waals surface area contributed by atoms with Crippen LogP contribution < -0.4 is 0 Å². The molecule has 2 bridgehead atoms. The summed E-state index contributed by atoms with van der Waals surface area (Å²) in [5.74, 6) is -2.46. The third-order valence-electron chi connectivity index (χ3n) is 9.91. The van der Waals surface area contributed by atoms with E-state index >= 15 is 0 Å². The van der Waals surface area contributed by atoms with Crippen LogP contribution >= 0.6 is 0 Å². The smallest absolute Gasteiger partial charge is 0.312 e. The number of unbranched alkanes of at least 4 members (excludes halogenated alkanes) is 5. The molecule has 1 aromatic carbocycles. The molecule has 4 heterocycles. The maximum atomic E-state index is 14.7. The van der Waals surface area contributed by atoms with Crippen molar-refractivity contribution in [3.8, 4) is 0 Å². The Morgan fingerprint density at radius 1 is 1.13 bits per heavy atom. The fourth-order valence-corrected chi connectivity index (χ4v) is 7.73. The molecular formula is C34H47N5O6. The third kappa shape index (κ3) is 6.04. The van der Waals surface area contributed by atoms with Gasteiger partial charge < -0.3 is 24.4 Å². The molecule has 11 heteroatoms. The largest absolute Gasteiger partial charge is 0.465 e. The number of esters is 1. The number of amides is 2. The number of likely N-dealkylation sites (tertiary alicyclic amines) is 1. The van der Waals surface area contributed by atoms with Crippen LogP contribution in [0.1, 0.15) is 71.1 Å². The Morgan fingerprint density at radius 3 is 2.69 bits per heavy atom. The average Bonchev–Trinajstić information content (AvgIpc) is 3.77. The van der Waals surface area contributed by atoms with Gasteiger partial charge >= 0.3 is 5.97 Å². The molecule has 0 aliphatic carbocycles. The molecule has 3 saturated heterocycles. The van der Waals surface area contributed by atoms with Gasteiger partial charge in [-0.25, -0.2) is 4.68 Å². The number of fused-ring (bicyclic) bond motifs is 2. The first-order chi connectivity index (χ1) is 21.9. The lowest BCUT2D eigenvalue weighted by Gasteiger charge is -2.36. The zero-order chi connectivity index (χ0) is 32.0. The van der Waals surface area contributed by atoms with Crippen LogP contribution in [-0.2, 0) is 30.5 Å². The molecule has 2 amide bonds. The summed E-state index contributed by atoms with van der Waals surface area (Å²) in [4.78, 5) is 46.2. The van der Waals surface area contributed by atoms with E-state index in [2.05, 4.69) is 23.5 Å². The van der Waals surface area contributed by atoms with E-state index in [-0.39, 0.29) is 38.2 Å². The zero-order valence-electron chi connectivity index (χ0n) is 26.4. The van der Waals surface area contributed by atoms with Crippen LogP contribution in [0.25, 0.3) is 11.0 Å². The Hall–Kier alpha value is -3.57. The number of allylic oxidation sites excluding steroid dienone is 1. The van der Waals surface area contributed by atoms with Crippen molar-refractivity contribution in [2.45, 2.75) is 95.0 Å². The van der Waals surface area contributed by atoms with E-state index in [1.807, 2.05) is 37.3 Å². The Balaban J connectivity index is 1.46. The number of rotatable bonds is 18. The summed E-state index contributed by atoms with van der Waals surface area (Å²) in [5, 5.41) is 17.8. The van der Waals surface area contributed by atoms with E-state index in [1.54, 1.807) is 20.6 Å². The van der Waals surface area contributed by atoms with Gasteiger partial charge in [0.05, 0.1) is 23.6 Å². The zero-order valence-corrected chi connectivity index (χ0v) is 26.4. The van der Waals surface area contributed by atoms with Crippen LogP contribution in [0.3, 0.4) is 0 Å². The molecule has 2 unspecified atom stereocenters. The topological polar surface area (TPSA) is 127 Å². The highest BCUT2D eigenvalue weighted by atomic mass is 16.6. The minimum absolute atomic E-state index is 0.118. The van der Waals surface area contributed by atoms with Gasteiger partial charge in [0, 0.05) is 19.7 Å². The van der Waals surface area contributed by atoms with Crippen molar-refractivity contribution in [1.82, 2.24) is 24.8 Å². The number of nitrogens with zero attached hydrogens (tertiary/aromatic N) is 5. The predicted octanol–water partition coefficient (Wildman–Crippen LogP) is 4.01. The number of carbonyl (C=O) groups is 3. The number of para-hydroxylation sites is 1. The number of benzene rings is 1. The van der Waals surface area contributed by atoms with Gasteiger partial charge in [-0.05, 0) is 63.5 Å². The highest BCUT2D eigenvalue weighted by molar-refractivity contribution is 5.98. The fourth-order valence-electron chi connectivity index (χ4n) is 7.73. The summed E-state index contributed by atoms with van der Waals surface area (Å²) in [5.41, 5.74) is -0.477. The molecule has 45 heavy (non-hydrogen) atoms. The van der Waals surface area contributed by atoms with Gasteiger partial charge in [0.15, 0.2) is 0 Å². The molecule has 0 saturated carbocycles. The average molecular weight is 622 g/mol. The van der Waals surface area contributed by atoms with Crippen molar-refractivity contribution in [2.75, 3.05) is 26.3 Å². The third-order valence-corrected chi connectivity index (χ3v) is 9.91. The standard InChI is InChI=1S/C34H47N5O6/c1-4-7-8-15-23-44-32(43)28-27-30(41)38(21-13-9-10-14-22-40)29(34(27)19-18-33(28,6-3)45-34)31(42)37(20-5-2)24-39-26-17-12-11-16-25(26)35-36-39/h4-5,11-12,16-17,27-29,40H,1-2,6-10,13-15,18-24H2,3H3/t27-,28-,29?,33+,34?/m0/s1. The minimum Gasteiger partial charge on any atom is -0.465 e. The van der Waals surface area contributed by atoms with Gasteiger partial charge in [-0.1, -0.05) is 49.3 Å². The first-order valence-electron chi connectivity index (χ1n) is 16.4. The van der Waals surface area contributed by atoms with Crippen LogP contribution in [0, 0.1) is 11.8 Å². The van der Waals surface area contributed by atoms with Gasteiger partial charge in [-0.2, -0.15) is 0 Å². The lowest BCUT2D eigenvalue weighted by Crippen LogP contribution is -2.56. The normalized spacial score (nSPS) is 26.8. The van der Waals surface area contributed by atoms with Gasteiger partial charge in [0.1, 0.15) is 29.7 Å². The van der Waals surface area contributed by atoms with E-state index in [9.17, 15) is 19.5 Å². The Morgan fingerprint density at radius 2 is 1.93 bits per heavy atom. The van der Waals surface area contributed by atoms with Gasteiger partial charge in [0.25, 0.3) is 0 Å². The Bertz CT molecular complexity index is 1390. The van der Waals surface area contributed by atoms with Crippen molar-refractivity contribution in [2.24, 2.45) is 11.8 Å². The summed E-state index contributed by atoms with van der Waals surface area (Å²) in [7, 11) is 0. The fraction of sp³-hybridized carbons (Fsp3) is 0.618. The van der Waals surface area contributed by atoms with E-state index < -0.39 is 35.0 Å². The maximum Gasteiger partial charge on any atom is 0.312 e. The molecule has 11 nitrogen and oxygen atoms in total. The van der Waals surface area contributed by atoms with Crippen LogP contribution in [0.15, 0.2) is 49.6 Å². The number of carbonyl (C=O) groups excluding carboxylic acids is 3. The lowest BCUT2D eigenvalue weighted by atomic mass is 9.65. The van der Waals surface area contributed by atoms with E-state index in [0.29, 0.717) is 45.1 Å². The number of hydrogen-bond acceptors (Lipinski definition) is 8. The highest BCUT2D eigenvalue weighted by Gasteiger charge is 2.79. The van der Waals surface area contributed by atoms with Crippen molar-refractivity contribution >= 4 is 28.8 Å². The highest BCUT2D eigenvalue weighted by Crippen LogP contribution is 2.64. The second-order valence-corrected chi connectivity index (χ2v) is 12.5. The molecule has 244 valence electrons. The van der Waals surface area contributed by atoms with E-state index in [0.717, 1.165) is 36.7 Å². The van der Waals surface area contributed by atoms with Gasteiger partial charge in [-0.3, -0.25) is 14.4 Å². The van der Waals surface area contributed by atoms with E-state index in [1.165, 1.54) is 0 Å². The van der Waals surface area contributed by atoms with Crippen LogP contribution in [0.4, 0.5) is 0 Å². The number of aliphatic hydroxyl groups excluding tert-OH is 1. The summed E-state index contributed by atoms with van der Waals surface area (Å²) < 4.78 is 14.4. The molecule has 1 spiro atoms. The number of aromatic nitrogens is 3. The number of ether oxygens (including phenoxy) is 2. The molecule has 3 fully saturated rings. The Labute approximate surface area is 265 Å². The minimum atomic E-state index is -1.13. The molecule has 1 aromatic heterocycles. The predicted molar refractivity (Wildman–Crippen MR) is 169 cm³/mol. The second kappa shape index (κ2) is 14.2. The van der Waals surface area contributed by atoms with E-state index in [4.69, 9.17) is 9.47 Å². The quantitative estimate of drug-likeness (QED) is 0.150. The molecule has 3 aliphatic heterocycles. The van der Waals surface area contributed by atoms with Crippen LogP contribution in [0.5, 0.6) is 0 Å². The molecule has 5 rings (SSSR count). The monoisotopic (exact) mass is 621 g/mol. The van der Waals surface area contributed by atoms with Crippen LogP contribution in [0.2, 0.25) is 0 Å². The molecule has 1 N–H and O–H groups in total. The molecule has 0 radical (unpaired) electrons. The van der Waals surface area contributed by atoms with Crippen LogP contribution in [-0.4, -0.2) is 91.2 Å². The second-order valence-electron chi connectivity index (χ2n) is 12.5. The summed E-state index contributed by atoms with van der Waals surface area (Å²) >= 11 is 0. The first kappa shape index (κ1) is 32.8. The molecule has 5 atom stereocenters. The van der Waals surface area contributed by atoms with Gasteiger partial charge in [0.2, 0.25) is 11.8 Å². The first-order valence-corrected chi connectivity index (χ1v) is 16.4. The van der Waals surface area contributed by atoms with Crippen molar-refractivity contribution in [1.29, 1.82) is 0 Å². The maximum absolute atomic E-state index is 14.7. The van der Waals surface area contributed by atoms with Crippen molar-refractivity contribution in [3.05, 3.63) is 49.6 Å². The van der Waals surface area contributed by atoms with Crippen molar-refractivity contribution in [3.63, 3.8) is 0 Å². The lowest BCUT2D eigenvalue weighted by molar-refractivity contribution is -0.162. The molecular weight excluding hydrogens is 574 g/mol. The van der Waals surface area contributed by atoms with Gasteiger partial charge in [-0.15, -0.1) is 18.3 Å². The summed E-state index contributed by atoms with van der Waals surface area (Å²) in [6.45, 7) is 10.7. The molecule has 2 aromatic rings. The number of hydrogen-bond donors (Lipinski definition) is 1. The summed E-state index contributed by atoms with van der Waals surface area (Å²) in [6.07, 6.45) is 10.5. The summed E-state index contributed by atoms with van der Waals surface area (Å²) in [6, 6.07) is 6.65. The number of aliphatic hydroxyl groups is 1. The van der Waals surface area contributed by atoms with Crippen molar-refractivity contribution < 1.29 is 29.0 Å². The molecule has 3 aliphatic rings.